The minimum absolute atomic E-state index is 0.0151. The molecule has 0 amide bonds. The standard InChI is InChI=1S/C11H12BrNO4S/c1-6-4-10(9(12)5-8(6)11(14)15)18(16,17)13-7-2-3-7/h4-5,7,13H,2-3H2,1H3,(H,14,15). The lowest BCUT2D eigenvalue weighted by atomic mass is 10.1. The highest BCUT2D eigenvalue weighted by Crippen LogP contribution is 2.28. The number of hydrogen-bond donors (Lipinski definition) is 2. The van der Waals surface area contributed by atoms with E-state index >= 15 is 0 Å². The van der Waals surface area contributed by atoms with Gasteiger partial charge in [-0.1, -0.05) is 0 Å². The number of halogens is 1. The van der Waals surface area contributed by atoms with Gasteiger partial charge in [-0.2, -0.15) is 0 Å². The zero-order chi connectivity index (χ0) is 13.5. The van der Waals surface area contributed by atoms with Crippen molar-refractivity contribution in [3.8, 4) is 0 Å². The molecule has 7 heteroatoms. The molecule has 0 aromatic heterocycles. The van der Waals surface area contributed by atoms with Crippen molar-refractivity contribution in [1.29, 1.82) is 0 Å². The number of sulfonamides is 1. The minimum atomic E-state index is -3.58. The summed E-state index contributed by atoms with van der Waals surface area (Å²) in [5.41, 5.74) is 0.508. The predicted molar refractivity (Wildman–Crippen MR) is 69.2 cm³/mol. The Labute approximate surface area is 113 Å². The number of aromatic carboxylic acids is 1. The maximum atomic E-state index is 12.0. The van der Waals surface area contributed by atoms with E-state index in [0.717, 1.165) is 12.8 Å². The first-order valence-corrected chi connectivity index (χ1v) is 7.64. The second-order valence-electron chi connectivity index (χ2n) is 4.30. The normalized spacial score (nSPS) is 15.7. The predicted octanol–water partition coefficient (Wildman–Crippen LogP) is 1.90. The van der Waals surface area contributed by atoms with Gasteiger partial charge in [0.1, 0.15) is 0 Å². The quantitative estimate of drug-likeness (QED) is 0.881. The zero-order valence-corrected chi connectivity index (χ0v) is 12.0. The first-order valence-electron chi connectivity index (χ1n) is 5.37. The van der Waals surface area contributed by atoms with Gasteiger partial charge in [0.05, 0.1) is 10.5 Å². The summed E-state index contributed by atoms with van der Waals surface area (Å²) in [6.45, 7) is 1.58. The van der Waals surface area contributed by atoms with Crippen molar-refractivity contribution in [2.24, 2.45) is 0 Å². The van der Waals surface area contributed by atoms with Gasteiger partial charge in [-0.05, 0) is 53.4 Å². The van der Waals surface area contributed by atoms with Crippen molar-refractivity contribution in [3.05, 3.63) is 27.7 Å². The lowest BCUT2D eigenvalue weighted by molar-refractivity contribution is 0.0696. The molecule has 1 aromatic carbocycles. The van der Waals surface area contributed by atoms with Crippen LogP contribution in [0.5, 0.6) is 0 Å². The highest BCUT2D eigenvalue weighted by atomic mass is 79.9. The molecule has 1 fully saturated rings. The molecular weight excluding hydrogens is 322 g/mol. The number of benzene rings is 1. The van der Waals surface area contributed by atoms with E-state index in [1.807, 2.05) is 0 Å². The molecule has 0 radical (unpaired) electrons. The third-order valence-electron chi connectivity index (χ3n) is 2.70. The summed E-state index contributed by atoms with van der Waals surface area (Å²) >= 11 is 3.11. The zero-order valence-electron chi connectivity index (χ0n) is 9.60. The Morgan fingerprint density at radius 1 is 1.44 bits per heavy atom. The van der Waals surface area contributed by atoms with Gasteiger partial charge < -0.3 is 5.11 Å². The topological polar surface area (TPSA) is 83.5 Å². The van der Waals surface area contributed by atoms with Crippen molar-refractivity contribution in [1.82, 2.24) is 4.72 Å². The molecular formula is C11H12BrNO4S. The third-order valence-corrected chi connectivity index (χ3v) is 5.18. The number of carboxylic acids is 1. The molecule has 1 aromatic rings. The molecule has 1 aliphatic rings. The maximum Gasteiger partial charge on any atom is 0.335 e. The van der Waals surface area contributed by atoms with Crippen molar-refractivity contribution in [2.45, 2.75) is 30.7 Å². The average molecular weight is 334 g/mol. The molecule has 5 nitrogen and oxygen atoms in total. The van der Waals surface area contributed by atoms with E-state index in [0.29, 0.717) is 5.56 Å². The van der Waals surface area contributed by atoms with Crippen LogP contribution < -0.4 is 4.72 Å². The van der Waals surface area contributed by atoms with Crippen LogP contribution in [0.2, 0.25) is 0 Å². The fraction of sp³-hybridized carbons (Fsp3) is 0.364. The molecule has 1 saturated carbocycles. The van der Waals surface area contributed by atoms with Gasteiger partial charge in [-0.15, -0.1) is 0 Å². The molecule has 0 bridgehead atoms. The second-order valence-corrected chi connectivity index (χ2v) is 6.84. The van der Waals surface area contributed by atoms with Gasteiger partial charge in [-0.25, -0.2) is 17.9 Å². The average Bonchev–Trinajstić information content (AvgIpc) is 3.03. The van der Waals surface area contributed by atoms with Gasteiger partial charge >= 0.3 is 5.97 Å². The van der Waals surface area contributed by atoms with E-state index in [-0.39, 0.29) is 21.0 Å². The van der Waals surface area contributed by atoms with Crippen LogP contribution in [0.3, 0.4) is 0 Å². The molecule has 0 saturated heterocycles. The molecule has 0 heterocycles. The van der Waals surface area contributed by atoms with Crippen molar-refractivity contribution in [2.75, 3.05) is 0 Å². The summed E-state index contributed by atoms with van der Waals surface area (Å²) in [5.74, 6) is -1.08. The molecule has 2 N–H and O–H groups in total. The van der Waals surface area contributed by atoms with E-state index in [1.165, 1.54) is 12.1 Å². The van der Waals surface area contributed by atoms with Crippen LogP contribution in [0, 0.1) is 6.92 Å². The second kappa shape index (κ2) is 4.64. The molecule has 0 aliphatic heterocycles. The van der Waals surface area contributed by atoms with Crippen molar-refractivity contribution >= 4 is 31.9 Å². The molecule has 0 unspecified atom stereocenters. The summed E-state index contributed by atoms with van der Waals surface area (Å²) in [6.07, 6.45) is 1.70. The number of carbonyl (C=O) groups is 1. The van der Waals surface area contributed by atoms with E-state index in [1.54, 1.807) is 6.92 Å². The molecule has 18 heavy (non-hydrogen) atoms. The van der Waals surface area contributed by atoms with Crippen LogP contribution >= 0.6 is 15.9 Å². The fourth-order valence-corrected chi connectivity index (χ4v) is 4.01. The number of nitrogens with one attached hydrogen (secondary N) is 1. The lowest BCUT2D eigenvalue weighted by Gasteiger charge is -2.10. The van der Waals surface area contributed by atoms with E-state index < -0.39 is 16.0 Å². The van der Waals surface area contributed by atoms with Gasteiger partial charge in [0, 0.05) is 10.5 Å². The molecule has 0 spiro atoms. The highest BCUT2D eigenvalue weighted by Gasteiger charge is 2.29. The lowest BCUT2D eigenvalue weighted by Crippen LogP contribution is -2.26. The smallest absolute Gasteiger partial charge is 0.335 e. The Morgan fingerprint density at radius 2 is 2.06 bits per heavy atom. The van der Waals surface area contributed by atoms with Crippen LogP contribution in [0.4, 0.5) is 0 Å². The molecule has 0 atom stereocenters. The van der Waals surface area contributed by atoms with Crippen LogP contribution in [0.15, 0.2) is 21.5 Å². The Bertz CT molecular complexity index is 608. The van der Waals surface area contributed by atoms with E-state index in [2.05, 4.69) is 20.7 Å². The Hall–Kier alpha value is -0.920. The summed E-state index contributed by atoms with van der Waals surface area (Å²) in [4.78, 5) is 11.0. The first kappa shape index (κ1) is 13.5. The highest BCUT2D eigenvalue weighted by molar-refractivity contribution is 9.10. The van der Waals surface area contributed by atoms with Crippen molar-refractivity contribution < 1.29 is 18.3 Å². The van der Waals surface area contributed by atoms with Gasteiger partial charge in [-0.3, -0.25) is 0 Å². The summed E-state index contributed by atoms with van der Waals surface area (Å²) in [7, 11) is -3.58. The van der Waals surface area contributed by atoms with Gasteiger partial charge in [0.25, 0.3) is 0 Å². The SMILES string of the molecule is Cc1cc(S(=O)(=O)NC2CC2)c(Br)cc1C(=O)O. The molecule has 98 valence electrons. The number of aryl methyl sites for hydroxylation is 1. The third kappa shape index (κ3) is 2.73. The Balaban J connectivity index is 2.45. The van der Waals surface area contributed by atoms with Crippen LogP contribution in [-0.4, -0.2) is 25.5 Å². The van der Waals surface area contributed by atoms with Crippen LogP contribution in [0.25, 0.3) is 0 Å². The first-order chi connectivity index (χ1) is 8.31. The minimum Gasteiger partial charge on any atom is -0.478 e. The fourth-order valence-electron chi connectivity index (χ4n) is 1.58. The Morgan fingerprint density at radius 3 is 2.56 bits per heavy atom. The number of hydrogen-bond acceptors (Lipinski definition) is 3. The van der Waals surface area contributed by atoms with E-state index in [4.69, 9.17) is 5.11 Å². The van der Waals surface area contributed by atoms with Crippen LogP contribution in [-0.2, 0) is 10.0 Å². The molecule has 1 aliphatic carbocycles. The Kier molecular flexibility index (Phi) is 3.48. The monoisotopic (exact) mass is 333 g/mol. The van der Waals surface area contributed by atoms with Crippen LogP contribution in [0.1, 0.15) is 28.8 Å². The van der Waals surface area contributed by atoms with Gasteiger partial charge in [0.2, 0.25) is 10.0 Å². The number of carboxylic acid groups (broad SMARTS) is 1. The molecule has 2 rings (SSSR count). The summed E-state index contributed by atoms with van der Waals surface area (Å²) in [5, 5.41) is 8.95. The largest absolute Gasteiger partial charge is 0.478 e. The summed E-state index contributed by atoms with van der Waals surface area (Å²) in [6, 6.07) is 2.71. The van der Waals surface area contributed by atoms with Crippen molar-refractivity contribution in [3.63, 3.8) is 0 Å². The summed E-state index contributed by atoms with van der Waals surface area (Å²) < 4.78 is 26.9. The number of rotatable bonds is 4. The van der Waals surface area contributed by atoms with E-state index in [9.17, 15) is 13.2 Å². The maximum absolute atomic E-state index is 12.0. The van der Waals surface area contributed by atoms with Gasteiger partial charge in [0.15, 0.2) is 0 Å².